The number of halogens is 1. The van der Waals surface area contributed by atoms with Crippen molar-refractivity contribution >= 4 is 27.7 Å². The van der Waals surface area contributed by atoms with Crippen LogP contribution in [0.5, 0.6) is 0 Å². The number of nitrogens with zero attached hydrogens (tertiary/aromatic N) is 2. The quantitative estimate of drug-likeness (QED) is 0.841. The van der Waals surface area contributed by atoms with E-state index in [1.165, 1.54) is 0 Å². The van der Waals surface area contributed by atoms with Gasteiger partial charge in [-0.2, -0.15) is 0 Å². The highest BCUT2D eigenvalue weighted by molar-refractivity contribution is 9.10. The highest BCUT2D eigenvalue weighted by Crippen LogP contribution is 2.26. The fraction of sp³-hybridized carbons (Fsp3) is 0.308. The van der Waals surface area contributed by atoms with Gasteiger partial charge in [0.2, 0.25) is 0 Å². The summed E-state index contributed by atoms with van der Waals surface area (Å²) in [5.74, 6) is 0. The standard InChI is InChI=1S/C13H15BrN2O2/c1-3-18-13(17)16-9-15(2)8-12(16)10-4-6-11(14)7-5-10/h4-8H,3,9H2,1-2H3. The molecular formula is C13H15BrN2O2. The second kappa shape index (κ2) is 5.44. The van der Waals surface area contributed by atoms with Crippen LogP contribution in [0.15, 0.2) is 34.9 Å². The lowest BCUT2D eigenvalue weighted by Crippen LogP contribution is -2.31. The molecule has 1 aliphatic heterocycles. The summed E-state index contributed by atoms with van der Waals surface area (Å²) in [7, 11) is 1.93. The molecule has 18 heavy (non-hydrogen) atoms. The van der Waals surface area contributed by atoms with E-state index in [1.54, 1.807) is 11.8 Å². The molecule has 0 bridgehead atoms. The molecule has 1 aliphatic rings. The van der Waals surface area contributed by atoms with Crippen molar-refractivity contribution in [3.8, 4) is 0 Å². The molecule has 5 heteroatoms. The predicted molar refractivity (Wildman–Crippen MR) is 73.6 cm³/mol. The highest BCUT2D eigenvalue weighted by atomic mass is 79.9. The summed E-state index contributed by atoms with van der Waals surface area (Å²) in [6.07, 6.45) is 1.64. The summed E-state index contributed by atoms with van der Waals surface area (Å²) in [5.41, 5.74) is 1.86. The fourth-order valence-corrected chi connectivity index (χ4v) is 2.09. The summed E-state index contributed by atoms with van der Waals surface area (Å²) in [6.45, 7) is 2.71. The zero-order valence-corrected chi connectivity index (χ0v) is 12.0. The van der Waals surface area contributed by atoms with Crippen molar-refractivity contribution in [1.29, 1.82) is 0 Å². The topological polar surface area (TPSA) is 32.8 Å². The van der Waals surface area contributed by atoms with Crippen molar-refractivity contribution in [3.63, 3.8) is 0 Å². The van der Waals surface area contributed by atoms with E-state index in [1.807, 2.05) is 42.4 Å². The van der Waals surface area contributed by atoms with E-state index < -0.39 is 0 Å². The van der Waals surface area contributed by atoms with Crippen molar-refractivity contribution in [2.24, 2.45) is 0 Å². The molecule has 0 unspecified atom stereocenters. The van der Waals surface area contributed by atoms with Gasteiger partial charge in [-0.3, -0.25) is 4.90 Å². The van der Waals surface area contributed by atoms with Crippen LogP contribution in [0.2, 0.25) is 0 Å². The Kier molecular flexibility index (Phi) is 3.91. The zero-order valence-electron chi connectivity index (χ0n) is 10.4. The molecule has 1 amide bonds. The number of rotatable bonds is 2. The van der Waals surface area contributed by atoms with Gasteiger partial charge in [-0.15, -0.1) is 0 Å². The third kappa shape index (κ3) is 2.67. The third-order valence-corrected chi connectivity index (χ3v) is 3.15. The van der Waals surface area contributed by atoms with E-state index in [-0.39, 0.29) is 6.09 Å². The average Bonchev–Trinajstić information content (AvgIpc) is 2.73. The van der Waals surface area contributed by atoms with Crippen LogP contribution in [-0.4, -0.2) is 36.2 Å². The smallest absolute Gasteiger partial charge is 0.415 e. The lowest BCUT2D eigenvalue weighted by Gasteiger charge is -2.19. The second-order valence-electron chi connectivity index (χ2n) is 4.05. The number of hydrogen-bond acceptors (Lipinski definition) is 3. The first-order valence-electron chi connectivity index (χ1n) is 5.74. The van der Waals surface area contributed by atoms with Gasteiger partial charge in [0.1, 0.15) is 6.67 Å². The maximum Gasteiger partial charge on any atom is 0.415 e. The molecule has 0 saturated carbocycles. The normalized spacial score (nSPS) is 14.7. The maximum absolute atomic E-state index is 11.9. The monoisotopic (exact) mass is 310 g/mol. The van der Waals surface area contributed by atoms with Crippen LogP contribution < -0.4 is 0 Å². The van der Waals surface area contributed by atoms with E-state index in [4.69, 9.17) is 4.74 Å². The average molecular weight is 311 g/mol. The van der Waals surface area contributed by atoms with E-state index in [0.717, 1.165) is 15.7 Å². The Morgan fingerprint density at radius 1 is 1.39 bits per heavy atom. The van der Waals surface area contributed by atoms with Gasteiger partial charge < -0.3 is 9.64 Å². The van der Waals surface area contributed by atoms with Crippen LogP contribution in [0.1, 0.15) is 12.5 Å². The molecule has 0 radical (unpaired) electrons. The molecule has 0 fully saturated rings. The van der Waals surface area contributed by atoms with Crippen LogP contribution in [0, 0.1) is 0 Å². The Bertz CT molecular complexity index is 470. The van der Waals surface area contributed by atoms with Gasteiger partial charge in [0.15, 0.2) is 0 Å². The minimum atomic E-state index is -0.309. The molecule has 4 nitrogen and oxygen atoms in total. The molecule has 1 aromatic rings. The Morgan fingerprint density at radius 3 is 2.67 bits per heavy atom. The highest BCUT2D eigenvalue weighted by Gasteiger charge is 2.26. The lowest BCUT2D eigenvalue weighted by molar-refractivity contribution is 0.120. The first-order valence-corrected chi connectivity index (χ1v) is 6.53. The second-order valence-corrected chi connectivity index (χ2v) is 4.96. The number of ether oxygens (including phenoxy) is 1. The molecule has 0 aromatic heterocycles. The van der Waals surface area contributed by atoms with Crippen molar-refractivity contribution in [3.05, 3.63) is 40.5 Å². The minimum absolute atomic E-state index is 0.309. The van der Waals surface area contributed by atoms with Gasteiger partial charge in [-0.25, -0.2) is 4.79 Å². The SMILES string of the molecule is CCOC(=O)N1CN(C)C=C1c1ccc(Br)cc1. The molecule has 1 heterocycles. The third-order valence-electron chi connectivity index (χ3n) is 2.63. The van der Waals surface area contributed by atoms with Crippen LogP contribution in [0.3, 0.4) is 0 Å². The van der Waals surface area contributed by atoms with Crippen molar-refractivity contribution in [1.82, 2.24) is 9.80 Å². The first-order chi connectivity index (χ1) is 8.61. The van der Waals surface area contributed by atoms with E-state index in [9.17, 15) is 4.79 Å². The summed E-state index contributed by atoms with van der Waals surface area (Å²) >= 11 is 3.40. The summed E-state index contributed by atoms with van der Waals surface area (Å²) in [5, 5.41) is 0. The zero-order chi connectivity index (χ0) is 13.1. The van der Waals surface area contributed by atoms with Gasteiger partial charge in [0.25, 0.3) is 0 Å². The molecule has 0 aliphatic carbocycles. The van der Waals surface area contributed by atoms with Crippen molar-refractivity contribution in [2.45, 2.75) is 6.92 Å². The molecule has 0 spiro atoms. The summed E-state index contributed by atoms with van der Waals surface area (Å²) in [4.78, 5) is 15.5. The Labute approximate surface area is 115 Å². The lowest BCUT2D eigenvalue weighted by atomic mass is 10.1. The number of carbonyl (C=O) groups is 1. The maximum atomic E-state index is 11.9. The van der Waals surface area contributed by atoms with Crippen LogP contribution in [-0.2, 0) is 4.74 Å². The van der Waals surface area contributed by atoms with Crippen LogP contribution in [0.4, 0.5) is 4.79 Å². The predicted octanol–water partition coefficient (Wildman–Crippen LogP) is 3.11. The minimum Gasteiger partial charge on any atom is -0.449 e. The number of amides is 1. The Morgan fingerprint density at radius 2 is 2.06 bits per heavy atom. The van der Waals surface area contributed by atoms with Gasteiger partial charge in [-0.1, -0.05) is 28.1 Å². The largest absolute Gasteiger partial charge is 0.449 e. The Hall–Kier alpha value is -1.49. The van der Waals surface area contributed by atoms with Crippen molar-refractivity contribution in [2.75, 3.05) is 20.3 Å². The molecule has 0 N–H and O–H groups in total. The van der Waals surface area contributed by atoms with Gasteiger partial charge in [0, 0.05) is 17.7 Å². The molecule has 96 valence electrons. The first kappa shape index (κ1) is 13.0. The van der Waals surface area contributed by atoms with E-state index in [0.29, 0.717) is 13.3 Å². The molecule has 1 aromatic carbocycles. The molecule has 0 saturated heterocycles. The van der Waals surface area contributed by atoms with Gasteiger partial charge >= 0.3 is 6.09 Å². The van der Waals surface area contributed by atoms with Crippen LogP contribution in [0.25, 0.3) is 5.70 Å². The van der Waals surface area contributed by atoms with Crippen LogP contribution >= 0.6 is 15.9 Å². The number of benzene rings is 1. The number of carbonyl (C=O) groups excluding carboxylic acids is 1. The van der Waals surface area contributed by atoms with Crippen molar-refractivity contribution < 1.29 is 9.53 Å². The molecule has 2 rings (SSSR count). The Balaban J connectivity index is 2.26. The molecule has 0 atom stereocenters. The van der Waals surface area contributed by atoms with Gasteiger partial charge in [0.05, 0.1) is 12.3 Å². The van der Waals surface area contributed by atoms with E-state index >= 15 is 0 Å². The summed E-state index contributed by atoms with van der Waals surface area (Å²) in [6, 6.07) is 7.86. The van der Waals surface area contributed by atoms with E-state index in [2.05, 4.69) is 15.9 Å². The fourth-order valence-electron chi connectivity index (χ4n) is 1.83. The molecular weight excluding hydrogens is 296 g/mol. The van der Waals surface area contributed by atoms with Gasteiger partial charge in [-0.05, 0) is 24.6 Å². The number of hydrogen-bond donors (Lipinski definition) is 0. The summed E-state index contributed by atoms with van der Waals surface area (Å²) < 4.78 is 6.07.